The van der Waals surface area contributed by atoms with Gasteiger partial charge in [-0.15, -0.1) is 0 Å². The average Bonchev–Trinajstić information content (AvgIpc) is 2.66. The third-order valence-corrected chi connectivity index (χ3v) is 5.11. The van der Waals surface area contributed by atoms with Crippen LogP contribution in [0.5, 0.6) is 0 Å². The Morgan fingerprint density at radius 3 is 2.63 bits per heavy atom. The number of aromatic nitrogens is 2. The minimum atomic E-state index is -3.53. The fourth-order valence-corrected chi connectivity index (χ4v) is 3.74. The van der Waals surface area contributed by atoms with Gasteiger partial charge in [0.2, 0.25) is 10.0 Å². The third-order valence-electron chi connectivity index (χ3n) is 2.69. The van der Waals surface area contributed by atoms with E-state index in [1.807, 2.05) is 6.92 Å². The van der Waals surface area contributed by atoms with Gasteiger partial charge in [0.05, 0.1) is 10.6 Å². The minimum Gasteiger partial charge on any atom is -0.275 e. The predicted octanol–water partition coefficient (Wildman–Crippen LogP) is 1.97. The van der Waals surface area contributed by atoms with Crippen LogP contribution >= 0.6 is 15.9 Å². The van der Waals surface area contributed by atoms with E-state index in [0.717, 1.165) is 11.3 Å². The number of nitrogens with zero attached hydrogens (tertiary/aromatic N) is 2. The molecule has 1 heterocycles. The Kier molecular flexibility index (Phi) is 4.07. The maximum absolute atomic E-state index is 12.2. The summed E-state index contributed by atoms with van der Waals surface area (Å²) in [6.45, 7) is 2.07. The molecule has 0 spiro atoms. The molecular formula is C12H14BrN3O2S. The smallest absolute Gasteiger partial charge is 0.241 e. The van der Waals surface area contributed by atoms with Crippen LogP contribution in [0.3, 0.4) is 0 Å². The van der Waals surface area contributed by atoms with E-state index in [9.17, 15) is 8.42 Å². The van der Waals surface area contributed by atoms with Gasteiger partial charge in [0.15, 0.2) is 0 Å². The molecule has 1 aromatic carbocycles. The molecule has 0 amide bonds. The zero-order valence-electron chi connectivity index (χ0n) is 10.6. The fourth-order valence-electron chi connectivity index (χ4n) is 1.74. The number of hydrogen-bond acceptors (Lipinski definition) is 3. The molecule has 0 fully saturated rings. The lowest BCUT2D eigenvalue weighted by molar-refractivity contribution is 0.580. The molecule has 1 N–H and O–H groups in total. The van der Waals surface area contributed by atoms with E-state index in [1.165, 1.54) is 0 Å². The van der Waals surface area contributed by atoms with Crippen molar-refractivity contribution in [2.24, 2.45) is 7.05 Å². The van der Waals surface area contributed by atoms with Crippen molar-refractivity contribution in [3.63, 3.8) is 0 Å². The van der Waals surface area contributed by atoms with Crippen molar-refractivity contribution >= 4 is 26.0 Å². The Morgan fingerprint density at radius 2 is 2.05 bits per heavy atom. The van der Waals surface area contributed by atoms with E-state index >= 15 is 0 Å². The lowest BCUT2D eigenvalue weighted by atomic mass is 10.3. The summed E-state index contributed by atoms with van der Waals surface area (Å²) in [7, 11) is -1.73. The van der Waals surface area contributed by atoms with Crippen LogP contribution < -0.4 is 4.72 Å². The fraction of sp³-hybridized carbons (Fsp3) is 0.250. The lowest BCUT2D eigenvalue weighted by Crippen LogP contribution is -2.23. The number of rotatable bonds is 4. The van der Waals surface area contributed by atoms with Crippen LogP contribution in [0, 0.1) is 6.92 Å². The normalized spacial score (nSPS) is 11.7. The van der Waals surface area contributed by atoms with Gasteiger partial charge in [-0.05, 0) is 35.0 Å². The van der Waals surface area contributed by atoms with Gasteiger partial charge in [0.1, 0.15) is 0 Å². The highest BCUT2D eigenvalue weighted by Crippen LogP contribution is 2.21. The molecule has 102 valence electrons. The van der Waals surface area contributed by atoms with E-state index < -0.39 is 10.0 Å². The van der Waals surface area contributed by atoms with Crippen molar-refractivity contribution in [3.05, 3.63) is 46.2 Å². The van der Waals surface area contributed by atoms with Crippen molar-refractivity contribution < 1.29 is 8.42 Å². The Bertz CT molecular complexity index is 695. The molecule has 7 heteroatoms. The maximum atomic E-state index is 12.2. The van der Waals surface area contributed by atoms with Crippen LogP contribution in [0.2, 0.25) is 0 Å². The predicted molar refractivity (Wildman–Crippen MR) is 76.1 cm³/mol. The molecule has 0 aliphatic carbocycles. The van der Waals surface area contributed by atoms with Crippen LogP contribution in [0.15, 0.2) is 39.8 Å². The molecule has 0 radical (unpaired) electrons. The molecule has 19 heavy (non-hydrogen) atoms. The molecule has 0 aliphatic rings. The molecule has 2 aromatic rings. The van der Waals surface area contributed by atoms with Crippen molar-refractivity contribution in [2.75, 3.05) is 0 Å². The Balaban J connectivity index is 2.19. The third kappa shape index (κ3) is 3.23. The molecule has 0 atom stereocenters. The van der Waals surface area contributed by atoms with Gasteiger partial charge in [-0.3, -0.25) is 4.68 Å². The van der Waals surface area contributed by atoms with E-state index in [4.69, 9.17) is 0 Å². The highest BCUT2D eigenvalue weighted by atomic mass is 79.9. The first-order valence-corrected chi connectivity index (χ1v) is 7.91. The van der Waals surface area contributed by atoms with Gasteiger partial charge in [-0.2, -0.15) is 5.10 Å². The molecule has 0 saturated heterocycles. The summed E-state index contributed by atoms with van der Waals surface area (Å²) in [6.07, 6.45) is 1.80. The molecule has 0 bridgehead atoms. The second-order valence-electron chi connectivity index (χ2n) is 4.17. The quantitative estimate of drug-likeness (QED) is 0.922. The van der Waals surface area contributed by atoms with Crippen molar-refractivity contribution in [2.45, 2.75) is 18.4 Å². The van der Waals surface area contributed by atoms with Crippen LogP contribution in [-0.4, -0.2) is 18.2 Å². The van der Waals surface area contributed by atoms with Gasteiger partial charge in [-0.1, -0.05) is 12.1 Å². The minimum absolute atomic E-state index is 0.226. The highest BCUT2D eigenvalue weighted by molar-refractivity contribution is 9.10. The Morgan fingerprint density at radius 1 is 1.37 bits per heavy atom. The summed E-state index contributed by atoms with van der Waals surface area (Å²) in [5.41, 5.74) is 1.68. The van der Waals surface area contributed by atoms with Crippen molar-refractivity contribution in [1.82, 2.24) is 14.5 Å². The zero-order valence-corrected chi connectivity index (χ0v) is 13.0. The van der Waals surface area contributed by atoms with Crippen molar-refractivity contribution in [3.8, 4) is 0 Å². The number of sulfonamides is 1. The Labute approximate surface area is 120 Å². The first kappa shape index (κ1) is 14.2. The van der Waals surface area contributed by atoms with E-state index in [0.29, 0.717) is 4.47 Å². The molecule has 0 saturated carbocycles. The maximum Gasteiger partial charge on any atom is 0.241 e. The van der Waals surface area contributed by atoms with Crippen LogP contribution in [0.1, 0.15) is 11.3 Å². The summed E-state index contributed by atoms with van der Waals surface area (Å²) in [5.74, 6) is 0. The number of nitrogens with one attached hydrogen (secondary N) is 1. The van der Waals surface area contributed by atoms with Crippen LogP contribution in [0.25, 0.3) is 0 Å². The van der Waals surface area contributed by atoms with Gasteiger partial charge in [0, 0.05) is 29.8 Å². The molecule has 0 aliphatic heterocycles. The van der Waals surface area contributed by atoms with Gasteiger partial charge >= 0.3 is 0 Å². The largest absolute Gasteiger partial charge is 0.275 e. The lowest BCUT2D eigenvalue weighted by Gasteiger charge is -2.07. The van der Waals surface area contributed by atoms with E-state index in [2.05, 4.69) is 25.8 Å². The molecule has 0 unspecified atom stereocenters. The number of halogens is 1. The first-order chi connectivity index (χ1) is 8.90. The molecule has 5 nitrogen and oxygen atoms in total. The molecule has 1 aromatic heterocycles. The monoisotopic (exact) mass is 343 g/mol. The summed E-state index contributed by atoms with van der Waals surface area (Å²) in [4.78, 5) is 0.233. The van der Waals surface area contributed by atoms with Gasteiger partial charge in [-0.25, -0.2) is 13.1 Å². The summed E-state index contributed by atoms with van der Waals surface area (Å²) < 4.78 is 29.1. The zero-order chi connectivity index (χ0) is 14.0. The second kappa shape index (κ2) is 5.44. The topological polar surface area (TPSA) is 64.0 Å². The number of benzene rings is 1. The van der Waals surface area contributed by atoms with Crippen molar-refractivity contribution in [1.29, 1.82) is 0 Å². The number of hydrogen-bond donors (Lipinski definition) is 1. The molecular weight excluding hydrogens is 330 g/mol. The summed E-state index contributed by atoms with van der Waals surface area (Å²) >= 11 is 3.24. The number of aryl methyl sites for hydroxylation is 2. The average molecular weight is 344 g/mol. The van der Waals surface area contributed by atoms with E-state index in [1.54, 1.807) is 42.2 Å². The van der Waals surface area contributed by atoms with Crippen LogP contribution in [0.4, 0.5) is 0 Å². The first-order valence-electron chi connectivity index (χ1n) is 5.63. The molecule has 2 rings (SSSR count). The Hall–Kier alpha value is -1.18. The highest BCUT2D eigenvalue weighted by Gasteiger charge is 2.17. The summed E-state index contributed by atoms with van der Waals surface area (Å²) in [6, 6.07) is 6.72. The van der Waals surface area contributed by atoms with Gasteiger partial charge in [0.25, 0.3) is 0 Å². The standard InChI is InChI=1S/C12H14BrN3O2S/c1-9-10(8-16(2)15-9)7-14-19(17,18)12-6-4-3-5-11(12)13/h3-6,8,14H,7H2,1-2H3. The van der Waals surface area contributed by atoms with Gasteiger partial charge < -0.3 is 0 Å². The van der Waals surface area contributed by atoms with E-state index in [-0.39, 0.29) is 11.4 Å². The second-order valence-corrected chi connectivity index (χ2v) is 6.76. The SMILES string of the molecule is Cc1nn(C)cc1CNS(=O)(=O)c1ccccc1Br. The van der Waals surface area contributed by atoms with Crippen LogP contribution in [-0.2, 0) is 23.6 Å². The summed E-state index contributed by atoms with van der Waals surface area (Å²) in [5, 5.41) is 4.17.